The molecule has 0 saturated heterocycles. The van der Waals surface area contributed by atoms with Crippen molar-refractivity contribution in [2.45, 2.75) is 26.9 Å². The fourth-order valence-corrected chi connectivity index (χ4v) is 1.18. The second-order valence-electron chi connectivity index (χ2n) is 4.36. The van der Waals surface area contributed by atoms with E-state index in [9.17, 15) is 10.1 Å². The topological polar surface area (TPSA) is 124 Å². The van der Waals surface area contributed by atoms with E-state index in [0.29, 0.717) is 0 Å². The molecule has 1 aromatic rings. The molecule has 19 heavy (non-hydrogen) atoms. The van der Waals surface area contributed by atoms with Crippen molar-refractivity contribution in [2.24, 2.45) is 16.8 Å². The Hall–Kier alpha value is -2.38. The van der Waals surface area contributed by atoms with Crippen molar-refractivity contribution in [3.63, 3.8) is 0 Å². The summed E-state index contributed by atoms with van der Waals surface area (Å²) in [5.41, 5.74) is 5.30. The molecule has 0 saturated carbocycles. The van der Waals surface area contributed by atoms with E-state index in [2.05, 4.69) is 10.1 Å². The van der Waals surface area contributed by atoms with Gasteiger partial charge in [0.1, 0.15) is 6.20 Å². The number of nitrogens with two attached hydrogens (primary N) is 1. The van der Waals surface area contributed by atoms with Crippen molar-refractivity contribution in [1.82, 2.24) is 4.98 Å². The van der Waals surface area contributed by atoms with Crippen LogP contribution in [0.25, 0.3) is 0 Å². The number of oxime groups is 1. The van der Waals surface area contributed by atoms with Gasteiger partial charge in [0, 0.05) is 6.07 Å². The Morgan fingerprint density at radius 1 is 1.58 bits per heavy atom. The zero-order valence-corrected chi connectivity index (χ0v) is 10.9. The van der Waals surface area contributed by atoms with E-state index in [-0.39, 0.29) is 35.0 Å². The van der Waals surface area contributed by atoms with Crippen LogP contribution in [0, 0.1) is 16.0 Å². The molecule has 0 aliphatic rings. The van der Waals surface area contributed by atoms with Gasteiger partial charge in [-0.25, -0.2) is 4.98 Å². The molecule has 1 aromatic heterocycles. The highest BCUT2D eigenvalue weighted by molar-refractivity contribution is 5.99. The predicted octanol–water partition coefficient (Wildman–Crippen LogP) is 1.51. The molecule has 0 aliphatic carbocycles. The van der Waals surface area contributed by atoms with Crippen LogP contribution in [0.2, 0.25) is 0 Å². The highest BCUT2D eigenvalue weighted by Gasteiger charge is 2.19. The van der Waals surface area contributed by atoms with Crippen molar-refractivity contribution in [3.8, 4) is 5.88 Å². The molecule has 104 valence electrons. The number of aromatic nitrogens is 1. The van der Waals surface area contributed by atoms with Crippen molar-refractivity contribution in [2.75, 3.05) is 0 Å². The van der Waals surface area contributed by atoms with Crippen LogP contribution in [0.3, 0.4) is 0 Å². The smallest absolute Gasteiger partial charge is 0.288 e. The third kappa shape index (κ3) is 3.54. The van der Waals surface area contributed by atoms with Gasteiger partial charge < -0.3 is 15.7 Å². The van der Waals surface area contributed by atoms with E-state index >= 15 is 0 Å². The minimum atomic E-state index is -0.614. The monoisotopic (exact) mass is 268 g/mol. The molecule has 1 heterocycles. The van der Waals surface area contributed by atoms with E-state index in [1.807, 2.05) is 20.8 Å². The Morgan fingerprint density at radius 2 is 2.21 bits per heavy atom. The van der Waals surface area contributed by atoms with E-state index in [1.54, 1.807) is 0 Å². The third-order valence-corrected chi connectivity index (χ3v) is 2.67. The molecule has 0 bridgehead atoms. The number of rotatable bonds is 5. The van der Waals surface area contributed by atoms with Crippen LogP contribution in [0.1, 0.15) is 26.3 Å². The number of amidine groups is 1. The van der Waals surface area contributed by atoms with E-state index in [0.717, 1.165) is 12.3 Å². The lowest BCUT2D eigenvalue weighted by atomic mass is 10.1. The van der Waals surface area contributed by atoms with Crippen LogP contribution in [-0.2, 0) is 0 Å². The van der Waals surface area contributed by atoms with Gasteiger partial charge >= 0.3 is 0 Å². The largest absolute Gasteiger partial charge is 0.474 e. The molecule has 8 heteroatoms. The highest BCUT2D eigenvalue weighted by atomic mass is 16.6. The van der Waals surface area contributed by atoms with Crippen LogP contribution in [0.5, 0.6) is 5.88 Å². The Bertz CT molecular complexity index is 501. The van der Waals surface area contributed by atoms with Crippen LogP contribution in [0.4, 0.5) is 5.69 Å². The quantitative estimate of drug-likeness (QED) is 0.274. The van der Waals surface area contributed by atoms with E-state index in [1.165, 1.54) is 0 Å². The Labute approximate surface area is 110 Å². The standard InChI is InChI=1S/C11H16N4O4/c1-6(2)7(3)19-11-9(10(12)14-16)4-8(5-13-11)15(17)18/h4-7,16H,1-3H3,(H2,12,14). The molecule has 8 nitrogen and oxygen atoms in total. The first kappa shape index (κ1) is 14.7. The maximum absolute atomic E-state index is 10.7. The average molecular weight is 268 g/mol. The molecule has 0 radical (unpaired) electrons. The normalized spacial score (nSPS) is 13.4. The molecule has 0 spiro atoms. The maximum atomic E-state index is 10.7. The minimum Gasteiger partial charge on any atom is -0.474 e. The summed E-state index contributed by atoms with van der Waals surface area (Å²) < 4.78 is 5.56. The number of pyridine rings is 1. The second kappa shape index (κ2) is 5.98. The Balaban J connectivity index is 3.20. The zero-order valence-electron chi connectivity index (χ0n) is 10.9. The SMILES string of the molecule is CC(C)C(C)Oc1ncc([N+](=O)[O-])cc1C(N)=NO. The summed E-state index contributed by atoms with van der Waals surface area (Å²) in [6, 6.07) is 1.16. The van der Waals surface area contributed by atoms with Gasteiger partial charge in [0.2, 0.25) is 5.88 Å². The van der Waals surface area contributed by atoms with Crippen molar-refractivity contribution in [3.05, 3.63) is 27.9 Å². The first-order valence-corrected chi connectivity index (χ1v) is 5.65. The van der Waals surface area contributed by atoms with Crippen molar-refractivity contribution < 1.29 is 14.9 Å². The van der Waals surface area contributed by atoms with Crippen molar-refractivity contribution >= 4 is 11.5 Å². The van der Waals surface area contributed by atoms with Gasteiger partial charge in [-0.15, -0.1) is 0 Å². The van der Waals surface area contributed by atoms with Gasteiger partial charge in [-0.3, -0.25) is 10.1 Å². The minimum absolute atomic E-state index is 0.0872. The van der Waals surface area contributed by atoms with Gasteiger partial charge in [0.25, 0.3) is 5.69 Å². The summed E-state index contributed by atoms with van der Waals surface area (Å²) in [7, 11) is 0. The lowest BCUT2D eigenvalue weighted by Gasteiger charge is -2.18. The highest BCUT2D eigenvalue weighted by Crippen LogP contribution is 2.23. The average Bonchev–Trinajstić information content (AvgIpc) is 2.37. The first-order chi connectivity index (χ1) is 8.86. The number of hydrogen-bond acceptors (Lipinski definition) is 6. The lowest BCUT2D eigenvalue weighted by Crippen LogP contribution is -2.23. The fourth-order valence-electron chi connectivity index (χ4n) is 1.18. The maximum Gasteiger partial charge on any atom is 0.288 e. The van der Waals surface area contributed by atoms with Crippen molar-refractivity contribution in [1.29, 1.82) is 0 Å². The van der Waals surface area contributed by atoms with Crippen LogP contribution in [0.15, 0.2) is 17.4 Å². The molecule has 1 rings (SSSR count). The summed E-state index contributed by atoms with van der Waals surface area (Å²) in [4.78, 5) is 13.9. The van der Waals surface area contributed by atoms with Gasteiger partial charge in [-0.05, 0) is 12.8 Å². The molecule has 0 amide bonds. The Morgan fingerprint density at radius 3 is 2.68 bits per heavy atom. The summed E-state index contributed by atoms with van der Waals surface area (Å²) in [6.07, 6.45) is 0.899. The van der Waals surface area contributed by atoms with E-state index < -0.39 is 4.92 Å². The number of nitrogens with zero attached hydrogens (tertiary/aromatic N) is 3. The number of ether oxygens (including phenoxy) is 1. The van der Waals surface area contributed by atoms with Gasteiger partial charge in [-0.1, -0.05) is 19.0 Å². The molecule has 0 aromatic carbocycles. The first-order valence-electron chi connectivity index (χ1n) is 5.65. The summed E-state index contributed by atoms with van der Waals surface area (Å²) in [5.74, 6) is 0.0291. The molecule has 0 aliphatic heterocycles. The fraction of sp³-hybridized carbons (Fsp3) is 0.455. The van der Waals surface area contributed by atoms with Gasteiger partial charge in [0.15, 0.2) is 5.84 Å². The van der Waals surface area contributed by atoms with Crippen LogP contribution < -0.4 is 10.5 Å². The zero-order chi connectivity index (χ0) is 14.6. The summed E-state index contributed by atoms with van der Waals surface area (Å²) in [6.45, 7) is 5.75. The van der Waals surface area contributed by atoms with Crippen LogP contribution >= 0.6 is 0 Å². The second-order valence-corrected chi connectivity index (χ2v) is 4.36. The number of hydrogen-bond donors (Lipinski definition) is 2. The van der Waals surface area contributed by atoms with Gasteiger partial charge in [-0.2, -0.15) is 0 Å². The third-order valence-electron chi connectivity index (χ3n) is 2.67. The molecule has 1 atom stereocenters. The van der Waals surface area contributed by atoms with Crippen LogP contribution in [-0.4, -0.2) is 27.1 Å². The van der Waals surface area contributed by atoms with Gasteiger partial charge in [0.05, 0.1) is 16.6 Å². The lowest BCUT2D eigenvalue weighted by molar-refractivity contribution is -0.385. The molecular formula is C11H16N4O4. The van der Waals surface area contributed by atoms with E-state index in [4.69, 9.17) is 15.7 Å². The predicted molar refractivity (Wildman–Crippen MR) is 68.3 cm³/mol. The molecule has 1 unspecified atom stereocenters. The molecule has 3 N–H and O–H groups in total. The Kier molecular flexibility index (Phi) is 4.62. The summed E-state index contributed by atoms with van der Waals surface area (Å²) in [5, 5.41) is 22.2. The summed E-state index contributed by atoms with van der Waals surface area (Å²) >= 11 is 0. The number of nitro groups is 1. The molecular weight excluding hydrogens is 252 g/mol. The molecule has 0 fully saturated rings.